The van der Waals surface area contributed by atoms with Crippen LogP contribution in [-0.2, 0) is 6.54 Å². The number of hydrogen-bond donors (Lipinski definition) is 1. The molecule has 0 radical (unpaired) electrons. The van der Waals surface area contributed by atoms with Crippen LogP contribution in [0.4, 0.5) is 0 Å². The lowest BCUT2D eigenvalue weighted by atomic mass is 10.0. The van der Waals surface area contributed by atoms with Gasteiger partial charge in [-0.05, 0) is 40.1 Å². The van der Waals surface area contributed by atoms with E-state index in [2.05, 4.69) is 41.5 Å². The molecule has 0 fully saturated rings. The standard InChI is InChI=1S/C20H20N2O2/c1-22(21-13-15-10-11-19(23)20(12-15)24-2)14-17-8-5-7-16-6-3-4-9-18(16)17/h3-13,23H,14H2,1-2H3/b21-13+. The van der Waals surface area contributed by atoms with Crippen molar-refractivity contribution in [2.45, 2.75) is 6.54 Å². The summed E-state index contributed by atoms with van der Waals surface area (Å²) in [5.41, 5.74) is 2.10. The summed E-state index contributed by atoms with van der Waals surface area (Å²) in [6.45, 7) is 0.715. The van der Waals surface area contributed by atoms with E-state index < -0.39 is 0 Å². The average Bonchev–Trinajstić information content (AvgIpc) is 2.61. The number of nitrogens with zero attached hydrogens (tertiary/aromatic N) is 2. The third-order valence-corrected chi connectivity index (χ3v) is 3.89. The van der Waals surface area contributed by atoms with Crippen LogP contribution in [-0.4, -0.2) is 30.5 Å². The zero-order chi connectivity index (χ0) is 16.9. The normalized spacial score (nSPS) is 11.1. The van der Waals surface area contributed by atoms with Crippen LogP contribution in [0.2, 0.25) is 0 Å². The maximum atomic E-state index is 9.63. The Labute approximate surface area is 141 Å². The number of phenols is 1. The molecule has 0 atom stereocenters. The molecule has 3 aromatic carbocycles. The average molecular weight is 320 g/mol. The third kappa shape index (κ3) is 3.49. The quantitative estimate of drug-likeness (QED) is 0.570. The van der Waals surface area contributed by atoms with E-state index >= 15 is 0 Å². The number of rotatable bonds is 5. The van der Waals surface area contributed by atoms with E-state index in [1.807, 2.05) is 18.1 Å². The molecule has 0 heterocycles. The molecule has 3 rings (SSSR count). The summed E-state index contributed by atoms with van der Waals surface area (Å²) in [6.07, 6.45) is 1.76. The van der Waals surface area contributed by atoms with E-state index in [4.69, 9.17) is 4.74 Å². The molecule has 1 N–H and O–H groups in total. The monoisotopic (exact) mass is 320 g/mol. The van der Waals surface area contributed by atoms with Crippen LogP contribution in [0.3, 0.4) is 0 Å². The maximum Gasteiger partial charge on any atom is 0.161 e. The Hall–Kier alpha value is -3.01. The minimum atomic E-state index is 0.124. The van der Waals surface area contributed by atoms with Gasteiger partial charge in [-0.15, -0.1) is 0 Å². The molecule has 0 saturated heterocycles. The summed E-state index contributed by atoms with van der Waals surface area (Å²) < 4.78 is 5.11. The summed E-state index contributed by atoms with van der Waals surface area (Å²) in [6, 6.07) is 19.8. The van der Waals surface area contributed by atoms with E-state index in [0.29, 0.717) is 12.3 Å². The Morgan fingerprint density at radius 3 is 2.71 bits per heavy atom. The Balaban J connectivity index is 1.76. The molecular formula is C20H20N2O2. The van der Waals surface area contributed by atoms with Crippen molar-refractivity contribution >= 4 is 17.0 Å². The largest absolute Gasteiger partial charge is 0.504 e. The summed E-state index contributed by atoms with van der Waals surface area (Å²) in [7, 11) is 3.47. The molecular weight excluding hydrogens is 300 g/mol. The summed E-state index contributed by atoms with van der Waals surface area (Å²) in [5.74, 6) is 0.564. The highest BCUT2D eigenvalue weighted by Gasteiger charge is 2.03. The molecule has 4 heteroatoms. The van der Waals surface area contributed by atoms with Gasteiger partial charge in [0.25, 0.3) is 0 Å². The number of benzene rings is 3. The molecule has 0 amide bonds. The lowest BCUT2D eigenvalue weighted by molar-refractivity contribution is 0.350. The van der Waals surface area contributed by atoms with Gasteiger partial charge in [0.1, 0.15) is 0 Å². The minimum Gasteiger partial charge on any atom is -0.504 e. The first-order valence-electron chi connectivity index (χ1n) is 7.76. The fraction of sp³-hybridized carbons (Fsp3) is 0.150. The number of aromatic hydroxyl groups is 1. The van der Waals surface area contributed by atoms with Gasteiger partial charge in [-0.2, -0.15) is 5.10 Å². The van der Waals surface area contributed by atoms with Crippen LogP contribution < -0.4 is 4.74 Å². The first-order chi connectivity index (χ1) is 11.7. The predicted molar refractivity (Wildman–Crippen MR) is 97.7 cm³/mol. The van der Waals surface area contributed by atoms with Gasteiger partial charge in [-0.25, -0.2) is 0 Å². The van der Waals surface area contributed by atoms with Gasteiger partial charge < -0.3 is 9.84 Å². The molecule has 4 nitrogen and oxygen atoms in total. The zero-order valence-electron chi connectivity index (χ0n) is 13.8. The molecule has 122 valence electrons. The van der Waals surface area contributed by atoms with E-state index in [0.717, 1.165) is 5.56 Å². The first-order valence-corrected chi connectivity index (χ1v) is 7.76. The van der Waals surface area contributed by atoms with Crippen molar-refractivity contribution in [1.82, 2.24) is 5.01 Å². The zero-order valence-corrected chi connectivity index (χ0v) is 13.8. The van der Waals surface area contributed by atoms with Crippen molar-refractivity contribution in [3.63, 3.8) is 0 Å². The Kier molecular flexibility index (Phi) is 4.66. The Morgan fingerprint density at radius 2 is 1.88 bits per heavy atom. The summed E-state index contributed by atoms with van der Waals surface area (Å²) >= 11 is 0. The first kappa shape index (κ1) is 15.9. The van der Waals surface area contributed by atoms with Crippen molar-refractivity contribution in [2.75, 3.05) is 14.2 Å². The third-order valence-electron chi connectivity index (χ3n) is 3.89. The van der Waals surface area contributed by atoms with Crippen molar-refractivity contribution in [3.05, 3.63) is 71.8 Å². The van der Waals surface area contributed by atoms with Crippen LogP contribution in [0, 0.1) is 0 Å². The van der Waals surface area contributed by atoms with Gasteiger partial charge in [0.15, 0.2) is 11.5 Å². The smallest absolute Gasteiger partial charge is 0.161 e. The van der Waals surface area contributed by atoms with E-state index in [-0.39, 0.29) is 5.75 Å². The Morgan fingerprint density at radius 1 is 1.08 bits per heavy atom. The van der Waals surface area contributed by atoms with Crippen molar-refractivity contribution in [3.8, 4) is 11.5 Å². The Bertz CT molecular complexity index is 869. The van der Waals surface area contributed by atoms with Crippen LogP contribution in [0.25, 0.3) is 10.8 Å². The lowest BCUT2D eigenvalue weighted by Crippen LogP contribution is -2.11. The molecule has 0 saturated carbocycles. The maximum absolute atomic E-state index is 9.63. The highest BCUT2D eigenvalue weighted by atomic mass is 16.5. The summed E-state index contributed by atoms with van der Waals surface area (Å²) in [4.78, 5) is 0. The van der Waals surface area contributed by atoms with Gasteiger partial charge in [-0.3, -0.25) is 5.01 Å². The van der Waals surface area contributed by atoms with Crippen molar-refractivity contribution in [2.24, 2.45) is 5.10 Å². The van der Waals surface area contributed by atoms with Gasteiger partial charge >= 0.3 is 0 Å². The molecule has 0 aliphatic carbocycles. The predicted octanol–water partition coefficient (Wildman–Crippen LogP) is 4.02. The highest BCUT2D eigenvalue weighted by molar-refractivity contribution is 5.85. The van der Waals surface area contributed by atoms with Gasteiger partial charge in [0.05, 0.1) is 19.9 Å². The lowest BCUT2D eigenvalue weighted by Gasteiger charge is -2.14. The minimum absolute atomic E-state index is 0.124. The molecule has 0 aliphatic heterocycles. The van der Waals surface area contributed by atoms with Gasteiger partial charge in [0.2, 0.25) is 0 Å². The van der Waals surface area contributed by atoms with Crippen LogP contribution in [0.5, 0.6) is 11.5 Å². The van der Waals surface area contributed by atoms with E-state index in [9.17, 15) is 5.11 Å². The number of phenolic OH excluding ortho intramolecular Hbond substituents is 1. The molecule has 0 spiro atoms. The second kappa shape index (κ2) is 7.04. The SMILES string of the molecule is COc1cc(/C=N/N(C)Cc2cccc3ccccc23)ccc1O. The summed E-state index contributed by atoms with van der Waals surface area (Å²) in [5, 5.41) is 18.5. The van der Waals surface area contributed by atoms with Crippen LogP contribution in [0.1, 0.15) is 11.1 Å². The number of methoxy groups -OCH3 is 1. The van der Waals surface area contributed by atoms with E-state index in [1.54, 1.807) is 24.4 Å². The molecule has 0 bridgehead atoms. The molecule has 24 heavy (non-hydrogen) atoms. The number of ether oxygens (including phenoxy) is 1. The molecule has 0 unspecified atom stereocenters. The molecule has 0 aromatic heterocycles. The molecule has 0 aliphatic rings. The molecule has 3 aromatic rings. The van der Waals surface area contributed by atoms with Crippen LogP contribution in [0.15, 0.2) is 65.8 Å². The van der Waals surface area contributed by atoms with Gasteiger partial charge in [-0.1, -0.05) is 42.5 Å². The van der Waals surface area contributed by atoms with E-state index in [1.165, 1.54) is 23.4 Å². The van der Waals surface area contributed by atoms with Crippen molar-refractivity contribution in [1.29, 1.82) is 0 Å². The highest BCUT2D eigenvalue weighted by Crippen LogP contribution is 2.25. The second-order valence-electron chi connectivity index (χ2n) is 5.63. The van der Waals surface area contributed by atoms with Crippen molar-refractivity contribution < 1.29 is 9.84 Å². The topological polar surface area (TPSA) is 45.1 Å². The number of hydrogen-bond acceptors (Lipinski definition) is 4. The second-order valence-corrected chi connectivity index (χ2v) is 5.63. The number of hydrazone groups is 1. The fourth-order valence-electron chi connectivity index (χ4n) is 2.66. The van der Waals surface area contributed by atoms with Gasteiger partial charge in [0, 0.05) is 7.05 Å². The van der Waals surface area contributed by atoms with Crippen LogP contribution >= 0.6 is 0 Å². The number of fused-ring (bicyclic) bond motifs is 1. The fourth-order valence-corrected chi connectivity index (χ4v) is 2.66.